The van der Waals surface area contributed by atoms with Crippen molar-refractivity contribution in [2.45, 2.75) is 25.9 Å². The summed E-state index contributed by atoms with van der Waals surface area (Å²) in [6.07, 6.45) is 3.51. The van der Waals surface area contributed by atoms with Gasteiger partial charge >= 0.3 is 0 Å². The normalized spacial score (nSPS) is 41.7. The molecule has 0 radical (unpaired) electrons. The lowest BCUT2D eigenvalue weighted by molar-refractivity contribution is 0.146. The highest BCUT2D eigenvalue weighted by Gasteiger charge is 2.28. The van der Waals surface area contributed by atoms with E-state index in [0.29, 0.717) is 0 Å². The molecule has 0 aromatic rings. The summed E-state index contributed by atoms with van der Waals surface area (Å²) in [4.78, 5) is 2.58. The summed E-state index contributed by atoms with van der Waals surface area (Å²) < 4.78 is 0. The van der Waals surface area contributed by atoms with Crippen LogP contribution in [0.4, 0.5) is 0 Å². The molecule has 2 saturated heterocycles. The van der Waals surface area contributed by atoms with Crippen molar-refractivity contribution in [1.82, 2.24) is 10.2 Å². The van der Waals surface area contributed by atoms with Gasteiger partial charge in [-0.2, -0.15) is 0 Å². The fourth-order valence-corrected chi connectivity index (χ4v) is 2.10. The van der Waals surface area contributed by atoms with Crippen LogP contribution in [0.5, 0.6) is 0 Å². The third kappa shape index (κ3) is 1.06. The number of fused-ring (bicyclic) bond motifs is 1. The van der Waals surface area contributed by atoms with Gasteiger partial charge < -0.3 is 5.32 Å². The monoisotopic (exact) mass is 140 g/mol. The number of hydrogen-bond donors (Lipinski definition) is 1. The Morgan fingerprint density at radius 1 is 1.40 bits per heavy atom. The van der Waals surface area contributed by atoms with Crippen molar-refractivity contribution in [3.8, 4) is 0 Å². The Balaban J connectivity index is 1.96. The first-order valence-electron chi connectivity index (χ1n) is 4.33. The second-order valence-corrected chi connectivity index (χ2v) is 3.65. The lowest BCUT2D eigenvalue weighted by Crippen LogP contribution is -2.42. The lowest BCUT2D eigenvalue weighted by atomic mass is 9.99. The Kier molecular flexibility index (Phi) is 1.66. The largest absolute Gasteiger partial charge is 0.300 e. The molecule has 0 amide bonds. The van der Waals surface area contributed by atoms with E-state index in [4.69, 9.17) is 0 Å². The highest BCUT2D eigenvalue weighted by atomic mass is 15.3. The zero-order valence-corrected chi connectivity index (χ0v) is 6.64. The van der Waals surface area contributed by atoms with Crippen LogP contribution in [0.3, 0.4) is 0 Å². The lowest BCUT2D eigenvalue weighted by Gasteiger charge is -2.32. The molecule has 58 valence electrons. The van der Waals surface area contributed by atoms with Gasteiger partial charge in [0.2, 0.25) is 0 Å². The first kappa shape index (κ1) is 6.62. The van der Waals surface area contributed by atoms with E-state index in [9.17, 15) is 0 Å². The summed E-state index contributed by atoms with van der Waals surface area (Å²) in [5.41, 5.74) is 0. The van der Waals surface area contributed by atoms with Crippen LogP contribution in [0.25, 0.3) is 0 Å². The van der Waals surface area contributed by atoms with Gasteiger partial charge in [0.25, 0.3) is 0 Å². The fraction of sp³-hybridized carbons (Fsp3) is 1.00. The van der Waals surface area contributed by atoms with Gasteiger partial charge in [-0.25, -0.2) is 0 Å². The van der Waals surface area contributed by atoms with Crippen molar-refractivity contribution >= 4 is 0 Å². The van der Waals surface area contributed by atoms with E-state index in [2.05, 4.69) is 17.1 Å². The average Bonchev–Trinajstić information content (AvgIpc) is 2.33. The molecular formula is C8H16N2. The van der Waals surface area contributed by atoms with Crippen LogP contribution in [0.2, 0.25) is 0 Å². The van der Waals surface area contributed by atoms with Crippen LogP contribution >= 0.6 is 0 Å². The first-order chi connectivity index (χ1) is 4.86. The van der Waals surface area contributed by atoms with Crippen molar-refractivity contribution in [3.63, 3.8) is 0 Å². The average molecular weight is 140 g/mol. The number of rotatable bonds is 0. The minimum Gasteiger partial charge on any atom is -0.300 e. The molecule has 10 heavy (non-hydrogen) atoms. The highest BCUT2D eigenvalue weighted by molar-refractivity contribution is 4.83. The van der Waals surface area contributed by atoms with Crippen LogP contribution in [-0.2, 0) is 0 Å². The van der Waals surface area contributed by atoms with Crippen molar-refractivity contribution in [3.05, 3.63) is 0 Å². The van der Waals surface area contributed by atoms with Gasteiger partial charge in [0.1, 0.15) is 0 Å². The van der Waals surface area contributed by atoms with Crippen LogP contribution in [-0.4, -0.2) is 30.7 Å². The molecule has 1 N–H and O–H groups in total. The van der Waals surface area contributed by atoms with Crippen LogP contribution < -0.4 is 5.32 Å². The van der Waals surface area contributed by atoms with E-state index in [0.717, 1.165) is 12.1 Å². The standard InChI is InChI=1S/C8H16N2/c1-7-2-3-8-9-4-5-10(8)6-7/h7-9H,2-6H2,1H3/t7-,8?/m0/s1. The van der Waals surface area contributed by atoms with Crippen molar-refractivity contribution in [2.24, 2.45) is 5.92 Å². The summed E-state index contributed by atoms with van der Waals surface area (Å²) in [6, 6.07) is 0. The second-order valence-electron chi connectivity index (χ2n) is 3.65. The maximum absolute atomic E-state index is 3.50. The molecule has 2 heterocycles. The Hall–Kier alpha value is -0.0800. The summed E-state index contributed by atoms with van der Waals surface area (Å²) in [5, 5.41) is 3.50. The molecule has 0 aromatic carbocycles. The van der Waals surface area contributed by atoms with E-state index in [1.54, 1.807) is 0 Å². The molecule has 1 unspecified atom stereocenters. The molecule has 2 aliphatic rings. The molecule has 0 saturated carbocycles. The Morgan fingerprint density at radius 2 is 2.30 bits per heavy atom. The van der Waals surface area contributed by atoms with Crippen molar-refractivity contribution in [1.29, 1.82) is 0 Å². The van der Waals surface area contributed by atoms with Crippen LogP contribution in [0.1, 0.15) is 19.8 Å². The summed E-state index contributed by atoms with van der Waals surface area (Å²) in [7, 11) is 0. The summed E-state index contributed by atoms with van der Waals surface area (Å²) in [6.45, 7) is 6.15. The summed E-state index contributed by atoms with van der Waals surface area (Å²) in [5.74, 6) is 0.927. The second kappa shape index (κ2) is 2.51. The van der Waals surface area contributed by atoms with Crippen molar-refractivity contribution in [2.75, 3.05) is 19.6 Å². The maximum Gasteiger partial charge on any atom is 0.0598 e. The predicted octanol–water partition coefficient (Wildman–Crippen LogP) is 0.648. The third-order valence-electron chi connectivity index (χ3n) is 2.70. The number of piperidine rings is 1. The van der Waals surface area contributed by atoms with Crippen LogP contribution in [0.15, 0.2) is 0 Å². The quantitative estimate of drug-likeness (QED) is 0.531. The Labute approximate surface area is 62.6 Å². The zero-order chi connectivity index (χ0) is 6.97. The zero-order valence-electron chi connectivity index (χ0n) is 6.64. The molecule has 0 bridgehead atoms. The molecule has 2 atom stereocenters. The van der Waals surface area contributed by atoms with E-state index in [1.807, 2.05) is 0 Å². The predicted molar refractivity (Wildman–Crippen MR) is 41.8 cm³/mol. The SMILES string of the molecule is C[C@H]1CCC2NCCN2C1. The minimum absolute atomic E-state index is 0.733. The van der Waals surface area contributed by atoms with Gasteiger partial charge in [-0.1, -0.05) is 6.92 Å². The molecular weight excluding hydrogens is 124 g/mol. The number of nitrogens with zero attached hydrogens (tertiary/aromatic N) is 1. The van der Waals surface area contributed by atoms with Gasteiger partial charge in [0, 0.05) is 19.6 Å². The van der Waals surface area contributed by atoms with E-state index < -0.39 is 0 Å². The molecule has 0 spiro atoms. The van der Waals surface area contributed by atoms with E-state index in [1.165, 1.54) is 32.5 Å². The topological polar surface area (TPSA) is 15.3 Å². The molecule has 2 rings (SSSR count). The molecule has 2 fully saturated rings. The highest BCUT2D eigenvalue weighted by Crippen LogP contribution is 2.21. The van der Waals surface area contributed by atoms with Gasteiger partial charge in [0.15, 0.2) is 0 Å². The fourth-order valence-electron chi connectivity index (χ4n) is 2.10. The molecule has 2 aliphatic heterocycles. The third-order valence-corrected chi connectivity index (χ3v) is 2.70. The molecule has 0 aromatic heterocycles. The maximum atomic E-state index is 3.50. The number of nitrogens with one attached hydrogen (secondary N) is 1. The van der Waals surface area contributed by atoms with Crippen LogP contribution in [0, 0.1) is 5.92 Å². The van der Waals surface area contributed by atoms with Gasteiger partial charge in [-0.3, -0.25) is 4.90 Å². The Morgan fingerprint density at radius 3 is 3.20 bits per heavy atom. The van der Waals surface area contributed by atoms with Gasteiger partial charge in [-0.05, 0) is 18.8 Å². The van der Waals surface area contributed by atoms with Crippen molar-refractivity contribution < 1.29 is 0 Å². The summed E-state index contributed by atoms with van der Waals surface area (Å²) >= 11 is 0. The van der Waals surface area contributed by atoms with E-state index in [-0.39, 0.29) is 0 Å². The number of hydrogen-bond acceptors (Lipinski definition) is 2. The van der Waals surface area contributed by atoms with Gasteiger partial charge in [-0.15, -0.1) is 0 Å². The molecule has 2 nitrogen and oxygen atoms in total. The van der Waals surface area contributed by atoms with Gasteiger partial charge in [0.05, 0.1) is 6.17 Å². The Bertz CT molecular complexity index is 124. The smallest absolute Gasteiger partial charge is 0.0598 e. The minimum atomic E-state index is 0.733. The molecule has 2 heteroatoms. The molecule has 0 aliphatic carbocycles. The van der Waals surface area contributed by atoms with E-state index >= 15 is 0 Å². The first-order valence-corrected chi connectivity index (χ1v) is 4.33.